The van der Waals surface area contributed by atoms with Gasteiger partial charge in [-0.15, -0.1) is 0 Å². The van der Waals surface area contributed by atoms with Crippen LogP contribution in [-0.4, -0.2) is 62.5 Å². The fourth-order valence-electron chi connectivity index (χ4n) is 5.62. The van der Waals surface area contributed by atoms with E-state index in [2.05, 4.69) is 49.9 Å². The molecule has 0 spiro atoms. The predicted octanol–water partition coefficient (Wildman–Crippen LogP) is 4.15. The maximum atomic E-state index is 13.2. The average Bonchev–Trinajstić information content (AvgIpc) is 3.34. The summed E-state index contributed by atoms with van der Waals surface area (Å²) in [6, 6.07) is 12.5. The number of fused-ring (bicyclic) bond motifs is 2. The Kier molecular flexibility index (Phi) is 6.36. The quantitative estimate of drug-likeness (QED) is 0.391. The summed E-state index contributed by atoms with van der Waals surface area (Å²) in [4.78, 5) is 31.9. The number of amides is 1. The lowest BCUT2D eigenvalue weighted by Gasteiger charge is -2.43. The van der Waals surface area contributed by atoms with Gasteiger partial charge in [0.2, 0.25) is 5.91 Å². The smallest absolute Gasteiger partial charge is 0.367 e. The maximum absolute atomic E-state index is 13.2. The summed E-state index contributed by atoms with van der Waals surface area (Å²) in [5.41, 5.74) is 4.78. The Labute approximate surface area is 223 Å². The molecule has 0 unspecified atom stereocenters. The lowest BCUT2D eigenvalue weighted by Crippen LogP contribution is -2.55. The second-order valence-electron chi connectivity index (χ2n) is 10.1. The third kappa shape index (κ3) is 4.88. The van der Waals surface area contributed by atoms with Crippen molar-refractivity contribution < 1.29 is 18.0 Å². The van der Waals surface area contributed by atoms with Gasteiger partial charge in [-0.3, -0.25) is 4.79 Å². The molecule has 1 fully saturated rings. The summed E-state index contributed by atoms with van der Waals surface area (Å²) < 4.78 is 40.7. The van der Waals surface area contributed by atoms with Crippen molar-refractivity contribution in [1.29, 1.82) is 0 Å². The Morgan fingerprint density at radius 1 is 1.00 bits per heavy atom. The molecule has 0 N–H and O–H groups in total. The van der Waals surface area contributed by atoms with Gasteiger partial charge in [-0.2, -0.15) is 13.2 Å². The minimum atomic E-state index is -4.45. The highest BCUT2D eigenvalue weighted by atomic mass is 19.4. The molecule has 1 saturated heterocycles. The van der Waals surface area contributed by atoms with Crippen molar-refractivity contribution in [2.45, 2.75) is 38.7 Å². The number of piperazine rings is 1. The lowest BCUT2D eigenvalue weighted by molar-refractivity contribution is -0.141. The molecule has 0 saturated carbocycles. The second kappa shape index (κ2) is 9.87. The lowest BCUT2D eigenvalue weighted by atomic mass is 9.96. The first-order valence-corrected chi connectivity index (χ1v) is 13.0. The summed E-state index contributed by atoms with van der Waals surface area (Å²) in [5.74, 6) is 0.0307. The number of nitrogens with zero attached hydrogens (tertiary/aromatic N) is 7. The number of imidazole rings is 1. The van der Waals surface area contributed by atoms with Crippen LogP contribution in [-0.2, 0) is 30.5 Å². The highest BCUT2D eigenvalue weighted by Gasteiger charge is 2.33. The van der Waals surface area contributed by atoms with Crippen molar-refractivity contribution in [3.05, 3.63) is 78.0 Å². The fourth-order valence-corrected chi connectivity index (χ4v) is 5.62. The molecule has 11 heteroatoms. The number of hydrogen-bond acceptors (Lipinski definition) is 6. The molecule has 0 aliphatic carbocycles. The van der Waals surface area contributed by atoms with E-state index in [9.17, 15) is 18.0 Å². The van der Waals surface area contributed by atoms with E-state index in [1.54, 1.807) is 17.1 Å². The molecule has 8 nitrogen and oxygen atoms in total. The van der Waals surface area contributed by atoms with E-state index in [0.29, 0.717) is 44.1 Å². The third-order valence-electron chi connectivity index (χ3n) is 7.62. The van der Waals surface area contributed by atoms with Crippen LogP contribution in [0.25, 0.3) is 11.2 Å². The number of hydrogen-bond donors (Lipinski definition) is 0. The van der Waals surface area contributed by atoms with Gasteiger partial charge in [-0.25, -0.2) is 15.0 Å². The summed E-state index contributed by atoms with van der Waals surface area (Å²) in [5, 5.41) is 0. The number of anilines is 2. The number of halogens is 3. The van der Waals surface area contributed by atoms with Gasteiger partial charge in [0.25, 0.3) is 0 Å². The van der Waals surface area contributed by atoms with E-state index in [0.717, 1.165) is 23.7 Å². The highest BCUT2D eigenvalue weighted by molar-refractivity contribution is 5.79. The molecule has 5 heterocycles. The van der Waals surface area contributed by atoms with E-state index in [1.165, 1.54) is 23.4 Å². The van der Waals surface area contributed by atoms with Crippen LogP contribution in [0, 0.1) is 0 Å². The van der Waals surface area contributed by atoms with Gasteiger partial charge < -0.3 is 19.3 Å². The monoisotopic (exact) mass is 535 g/mol. The van der Waals surface area contributed by atoms with E-state index < -0.39 is 11.9 Å². The van der Waals surface area contributed by atoms with Gasteiger partial charge in [0, 0.05) is 50.6 Å². The normalized spacial score (nSPS) is 17.9. The Hall–Kier alpha value is -4.15. The number of alkyl halides is 3. The molecule has 2 aliphatic rings. The zero-order valence-electron chi connectivity index (χ0n) is 21.5. The molecule has 3 aromatic heterocycles. The van der Waals surface area contributed by atoms with Gasteiger partial charge in [0.05, 0.1) is 18.2 Å². The molecule has 39 heavy (non-hydrogen) atoms. The Balaban J connectivity index is 1.16. The van der Waals surface area contributed by atoms with Gasteiger partial charge in [0.1, 0.15) is 17.8 Å². The Morgan fingerprint density at radius 2 is 1.87 bits per heavy atom. The van der Waals surface area contributed by atoms with Crippen molar-refractivity contribution in [2.75, 3.05) is 36.0 Å². The summed E-state index contributed by atoms with van der Waals surface area (Å²) >= 11 is 0. The summed E-state index contributed by atoms with van der Waals surface area (Å²) in [6.07, 6.45) is 1.00. The number of rotatable bonds is 4. The van der Waals surface area contributed by atoms with E-state index >= 15 is 0 Å². The Morgan fingerprint density at radius 3 is 2.64 bits per heavy atom. The minimum Gasteiger partial charge on any atom is -0.367 e. The second-order valence-corrected chi connectivity index (χ2v) is 10.1. The van der Waals surface area contributed by atoms with E-state index in [1.807, 2.05) is 17.0 Å². The molecule has 202 valence electrons. The predicted molar refractivity (Wildman–Crippen MR) is 141 cm³/mol. The first kappa shape index (κ1) is 25.1. The van der Waals surface area contributed by atoms with Crippen LogP contribution in [0.2, 0.25) is 0 Å². The topological polar surface area (TPSA) is 70.4 Å². The van der Waals surface area contributed by atoms with E-state index in [4.69, 9.17) is 0 Å². The van der Waals surface area contributed by atoms with Crippen LogP contribution < -0.4 is 9.80 Å². The number of pyridine rings is 2. The molecule has 2 aliphatic heterocycles. The van der Waals surface area contributed by atoms with Crippen molar-refractivity contribution >= 4 is 28.4 Å². The van der Waals surface area contributed by atoms with Gasteiger partial charge in [-0.05, 0) is 54.8 Å². The van der Waals surface area contributed by atoms with Crippen LogP contribution in [0.1, 0.15) is 23.7 Å². The van der Waals surface area contributed by atoms with Crippen LogP contribution >= 0.6 is 0 Å². The first-order chi connectivity index (χ1) is 18.8. The molecule has 1 amide bonds. The number of carbonyl (C=O) groups is 1. The molecular formula is C28H28F3N7O. The minimum absolute atomic E-state index is 0.00339. The highest BCUT2D eigenvalue weighted by Crippen LogP contribution is 2.34. The van der Waals surface area contributed by atoms with Crippen LogP contribution in [0.3, 0.4) is 0 Å². The van der Waals surface area contributed by atoms with Crippen LogP contribution in [0.5, 0.6) is 0 Å². The maximum Gasteiger partial charge on any atom is 0.433 e. The van der Waals surface area contributed by atoms with Crippen molar-refractivity contribution in [3.63, 3.8) is 0 Å². The summed E-state index contributed by atoms with van der Waals surface area (Å²) in [6.45, 7) is 5.52. The zero-order valence-corrected chi connectivity index (χ0v) is 21.5. The zero-order chi connectivity index (χ0) is 27.1. The summed E-state index contributed by atoms with van der Waals surface area (Å²) in [7, 11) is 0. The third-order valence-corrected chi connectivity index (χ3v) is 7.62. The molecule has 0 bridgehead atoms. The van der Waals surface area contributed by atoms with Crippen molar-refractivity contribution in [3.8, 4) is 0 Å². The standard InChI is InChI=1S/C28H28F3N7O/c1-19-15-36(12-13-38(19)26(39)17-37-18-34-23-5-3-10-32-27(23)37)24-6-2-4-20-9-11-35(16-22(20)24)21-7-8-25(33-14-21)28(29,30)31/h2-8,10,14,18-19H,9,11-13,15-17H2,1H3/t19-/m1/s1. The molecule has 4 aromatic rings. The molecule has 1 aromatic carbocycles. The molecule has 1 atom stereocenters. The molecule has 6 rings (SSSR count). The van der Waals surface area contributed by atoms with Crippen LogP contribution in [0.4, 0.5) is 24.5 Å². The number of carbonyl (C=O) groups excluding carboxylic acids is 1. The Bertz CT molecular complexity index is 1500. The largest absolute Gasteiger partial charge is 0.433 e. The van der Waals surface area contributed by atoms with Gasteiger partial charge >= 0.3 is 6.18 Å². The molecular weight excluding hydrogens is 507 g/mol. The van der Waals surface area contributed by atoms with Gasteiger partial charge in [-0.1, -0.05) is 12.1 Å². The van der Waals surface area contributed by atoms with Crippen molar-refractivity contribution in [1.82, 2.24) is 24.4 Å². The first-order valence-electron chi connectivity index (χ1n) is 13.0. The fraction of sp³-hybridized carbons (Fsp3) is 0.357. The van der Waals surface area contributed by atoms with Crippen LogP contribution in [0.15, 0.2) is 61.2 Å². The van der Waals surface area contributed by atoms with Crippen molar-refractivity contribution in [2.24, 2.45) is 0 Å². The SMILES string of the molecule is C[C@@H]1CN(c2cccc3c2CN(c2ccc(C(F)(F)F)nc2)CC3)CCN1C(=O)Cn1cnc2cccnc21. The van der Waals surface area contributed by atoms with E-state index in [-0.39, 0.29) is 18.5 Å². The molecule has 0 radical (unpaired) electrons. The average molecular weight is 536 g/mol. The van der Waals surface area contributed by atoms with Gasteiger partial charge in [0.15, 0.2) is 5.65 Å². The number of aromatic nitrogens is 4. The number of benzene rings is 1.